The third kappa shape index (κ3) is 14.0. The third-order valence-electron chi connectivity index (χ3n) is 14.5. The van der Waals surface area contributed by atoms with Crippen LogP contribution in [-0.4, -0.2) is 123 Å². The standard InChI is InChI=1S/C27H33BrN4OS.C20H29N3O.C7H4BrNS/c28-21-4-3-5-22(16-21)30-27(34)32-14-10-20(11-15-32)26(33)18-31-12-8-19(9-13-31)24-17-29-25-7-2-1-6-23(24)25;24-20(16-5-9-21-10-6-16)14-23-11-7-15(8-12-23)18-13-22-19-4-2-1-3-17(18)19;8-6-2-1-3-7(4-6)9-5-10/h1-7,16-17,19-20,26,29,33H,8-15,18H2,(H,30,34);1-4,13,15-16,20-22,24H,5-12,14H2;1-4H. The number of likely N-dealkylation sites (tertiary alicyclic amines) is 3. The molecule has 0 saturated carbocycles. The van der Waals surface area contributed by atoms with Crippen LogP contribution in [0.15, 0.2) is 123 Å². The Hall–Kier alpha value is -3.79. The molecule has 2 aromatic heterocycles. The summed E-state index contributed by atoms with van der Waals surface area (Å²) in [6.45, 7) is 9.86. The number of fused-ring (bicyclic) bond motifs is 2. The highest BCUT2D eigenvalue weighted by molar-refractivity contribution is 9.10. The molecule has 6 N–H and O–H groups in total. The summed E-state index contributed by atoms with van der Waals surface area (Å²) in [6, 6.07) is 32.8. The lowest BCUT2D eigenvalue weighted by Crippen LogP contribution is -2.46. The number of hydrogen-bond acceptors (Lipinski definition) is 8. The lowest BCUT2D eigenvalue weighted by atomic mass is 9.87. The highest BCUT2D eigenvalue weighted by Crippen LogP contribution is 2.35. The fraction of sp³-hybridized carbons (Fsp3) is 0.444. The van der Waals surface area contributed by atoms with Gasteiger partial charge in [-0.15, -0.1) is 0 Å². The predicted octanol–water partition coefficient (Wildman–Crippen LogP) is 11.5. The van der Waals surface area contributed by atoms with E-state index in [0.717, 1.165) is 129 Å². The van der Waals surface area contributed by atoms with Crippen LogP contribution in [0, 0.1) is 11.8 Å². The van der Waals surface area contributed by atoms with Crippen LogP contribution in [0.4, 0.5) is 11.4 Å². The first kappa shape index (κ1) is 50.6. The maximum absolute atomic E-state index is 11.0. The van der Waals surface area contributed by atoms with Gasteiger partial charge in [0, 0.05) is 75.0 Å². The SMILES string of the molecule is OC(CN1CCC(c2c[nH]c3ccccc23)CC1)C1CCN(C(=S)Nc2cccc(Br)c2)CC1.OC(CN1CCC(c2c[nH]c3ccccc23)CC1)C1CCNCC1.S=C=Nc1cccc(Br)c1. The number of aromatic nitrogens is 2. The maximum atomic E-state index is 11.0. The van der Waals surface area contributed by atoms with Crippen molar-refractivity contribution in [3.8, 4) is 0 Å². The monoisotopic (exact) mass is 1080 g/mol. The highest BCUT2D eigenvalue weighted by atomic mass is 79.9. The molecule has 4 saturated heterocycles. The molecule has 4 fully saturated rings. The lowest BCUT2D eigenvalue weighted by Gasteiger charge is -2.38. The number of para-hydroxylation sites is 2. The van der Waals surface area contributed by atoms with Crippen molar-refractivity contribution in [2.24, 2.45) is 16.8 Å². The molecule has 2 unspecified atom stereocenters. The van der Waals surface area contributed by atoms with E-state index in [2.05, 4.69) is 150 Å². The Kier molecular flexibility index (Phi) is 18.9. The zero-order valence-corrected chi connectivity index (χ0v) is 43.6. The van der Waals surface area contributed by atoms with Crippen molar-refractivity contribution in [2.45, 2.75) is 75.4 Å². The largest absolute Gasteiger partial charge is 0.392 e. The number of nitrogens with zero attached hydrogens (tertiary/aromatic N) is 4. The number of rotatable bonds is 10. The average molecular weight is 1080 g/mol. The second kappa shape index (κ2) is 25.4. The first-order valence-electron chi connectivity index (χ1n) is 24.5. The van der Waals surface area contributed by atoms with Crippen LogP contribution in [-0.2, 0) is 0 Å². The van der Waals surface area contributed by atoms with E-state index in [4.69, 9.17) is 12.2 Å². The van der Waals surface area contributed by atoms with E-state index in [1.807, 2.05) is 48.5 Å². The zero-order chi connectivity index (χ0) is 47.2. The number of aliphatic hydroxyl groups excluding tert-OH is 2. The average Bonchev–Trinajstić information content (AvgIpc) is 4.01. The molecule has 0 spiro atoms. The van der Waals surface area contributed by atoms with Crippen molar-refractivity contribution < 1.29 is 10.2 Å². The molecule has 4 aliphatic heterocycles. The second-order valence-corrected chi connectivity index (χ2v) is 21.3. The summed E-state index contributed by atoms with van der Waals surface area (Å²) in [7, 11) is 0. The molecule has 10 nitrogen and oxygen atoms in total. The van der Waals surface area contributed by atoms with E-state index in [0.29, 0.717) is 23.7 Å². The molecular formula is C54H66Br2N8O2S2. The Morgan fingerprint density at radius 1 is 0.647 bits per heavy atom. The molecular weight excluding hydrogens is 1020 g/mol. The van der Waals surface area contributed by atoms with Crippen molar-refractivity contribution in [3.05, 3.63) is 130 Å². The highest BCUT2D eigenvalue weighted by Gasteiger charge is 2.31. The van der Waals surface area contributed by atoms with Crippen molar-refractivity contribution in [2.75, 3.05) is 70.8 Å². The minimum atomic E-state index is -0.265. The minimum Gasteiger partial charge on any atom is -0.392 e. The molecule has 4 aromatic carbocycles. The van der Waals surface area contributed by atoms with Gasteiger partial charge in [0.15, 0.2) is 5.11 Å². The number of nitrogens with one attached hydrogen (secondary N) is 4. The van der Waals surface area contributed by atoms with Gasteiger partial charge >= 0.3 is 0 Å². The number of benzene rings is 4. The maximum Gasteiger partial charge on any atom is 0.173 e. The number of aromatic amines is 2. The Morgan fingerprint density at radius 3 is 1.66 bits per heavy atom. The van der Waals surface area contributed by atoms with Crippen LogP contribution in [0.25, 0.3) is 21.8 Å². The topological polar surface area (TPSA) is 118 Å². The van der Waals surface area contributed by atoms with E-state index in [1.165, 1.54) is 45.8 Å². The number of H-pyrrole nitrogens is 2. The van der Waals surface area contributed by atoms with E-state index in [9.17, 15) is 10.2 Å². The van der Waals surface area contributed by atoms with Gasteiger partial charge in [-0.05, 0) is 198 Å². The molecule has 14 heteroatoms. The van der Waals surface area contributed by atoms with Crippen molar-refractivity contribution in [3.63, 3.8) is 0 Å². The number of aliphatic imine (C=N–C) groups is 1. The van der Waals surface area contributed by atoms with E-state index in [-0.39, 0.29) is 12.2 Å². The van der Waals surface area contributed by atoms with Crippen molar-refractivity contribution >= 4 is 99.7 Å². The molecule has 360 valence electrons. The number of hydrogen-bond donors (Lipinski definition) is 6. The Labute approximate surface area is 429 Å². The van der Waals surface area contributed by atoms with Crippen molar-refractivity contribution in [1.82, 2.24) is 30.0 Å². The van der Waals surface area contributed by atoms with E-state index >= 15 is 0 Å². The predicted molar refractivity (Wildman–Crippen MR) is 295 cm³/mol. The molecule has 0 bridgehead atoms. The Morgan fingerprint density at radius 2 is 1.15 bits per heavy atom. The molecule has 6 heterocycles. The Bertz CT molecular complexity index is 2570. The van der Waals surface area contributed by atoms with Crippen LogP contribution in [0.5, 0.6) is 0 Å². The molecule has 6 aromatic rings. The number of isothiocyanates is 1. The van der Waals surface area contributed by atoms with Gasteiger partial charge in [0.1, 0.15) is 0 Å². The first-order chi connectivity index (χ1) is 33.2. The summed E-state index contributed by atoms with van der Waals surface area (Å²) in [5.74, 6) is 2.08. The second-order valence-electron chi connectivity index (χ2n) is 18.9. The molecule has 0 aliphatic carbocycles. The van der Waals surface area contributed by atoms with Crippen LogP contribution in [0.2, 0.25) is 0 Å². The molecule has 68 heavy (non-hydrogen) atoms. The summed E-state index contributed by atoms with van der Waals surface area (Å²) >= 11 is 16.9. The quantitative estimate of drug-likeness (QED) is 0.0589. The first-order valence-corrected chi connectivity index (χ1v) is 26.9. The molecule has 2 atom stereocenters. The van der Waals surface area contributed by atoms with Crippen LogP contribution in [0.3, 0.4) is 0 Å². The summed E-state index contributed by atoms with van der Waals surface area (Å²) in [6.07, 6.45) is 12.9. The fourth-order valence-corrected chi connectivity index (χ4v) is 11.8. The van der Waals surface area contributed by atoms with E-state index in [1.54, 1.807) is 0 Å². The number of piperidine rings is 4. The zero-order valence-electron chi connectivity index (χ0n) is 38.8. The smallest absolute Gasteiger partial charge is 0.173 e. The number of β-amino-alcohol motifs (C(OH)–C–C–N with tert-alkyl or cyclic N) is 2. The van der Waals surface area contributed by atoms with Gasteiger partial charge in [0.2, 0.25) is 0 Å². The van der Waals surface area contributed by atoms with Gasteiger partial charge in [0.25, 0.3) is 0 Å². The third-order valence-corrected chi connectivity index (χ3v) is 16.0. The van der Waals surface area contributed by atoms with Crippen LogP contribution in [0.1, 0.15) is 74.3 Å². The van der Waals surface area contributed by atoms with Crippen LogP contribution >= 0.6 is 56.3 Å². The number of aliphatic hydroxyl groups is 2. The van der Waals surface area contributed by atoms with Crippen LogP contribution < -0.4 is 10.6 Å². The van der Waals surface area contributed by atoms with Gasteiger partial charge in [-0.2, -0.15) is 4.99 Å². The summed E-state index contributed by atoms with van der Waals surface area (Å²) in [4.78, 5) is 17.8. The molecule has 0 amide bonds. The summed E-state index contributed by atoms with van der Waals surface area (Å²) in [5, 5.41) is 34.1. The molecule has 0 radical (unpaired) electrons. The van der Waals surface area contributed by atoms with Gasteiger partial charge in [0.05, 0.1) is 23.1 Å². The summed E-state index contributed by atoms with van der Waals surface area (Å²) in [5.41, 5.74) is 7.23. The van der Waals surface area contributed by atoms with Gasteiger partial charge in [-0.1, -0.05) is 80.4 Å². The molecule has 4 aliphatic rings. The van der Waals surface area contributed by atoms with Crippen molar-refractivity contribution in [1.29, 1.82) is 0 Å². The number of anilines is 1. The van der Waals surface area contributed by atoms with Gasteiger partial charge in [-0.25, -0.2) is 0 Å². The normalized spacial score (nSPS) is 19.0. The number of halogens is 2. The minimum absolute atomic E-state index is 0.156. The molecule has 10 rings (SSSR count). The number of thiocarbonyl (C=S) groups is 2. The lowest BCUT2D eigenvalue weighted by molar-refractivity contribution is 0.0344. The summed E-state index contributed by atoms with van der Waals surface area (Å²) < 4.78 is 2.03. The fourth-order valence-electron chi connectivity index (χ4n) is 10.6. The Balaban J connectivity index is 0.000000159. The van der Waals surface area contributed by atoms with E-state index < -0.39 is 0 Å². The van der Waals surface area contributed by atoms with Gasteiger partial charge < -0.3 is 45.5 Å². The van der Waals surface area contributed by atoms with Gasteiger partial charge in [-0.3, -0.25) is 0 Å².